The molecule has 1 amide bonds. The van der Waals surface area contributed by atoms with Crippen molar-refractivity contribution in [3.8, 4) is 0 Å². The highest BCUT2D eigenvalue weighted by Crippen LogP contribution is 2.23. The molecule has 0 unspecified atom stereocenters. The summed E-state index contributed by atoms with van der Waals surface area (Å²) in [6, 6.07) is 9.98. The van der Waals surface area contributed by atoms with E-state index in [0.29, 0.717) is 12.1 Å². The lowest BCUT2D eigenvalue weighted by Gasteiger charge is -2.13. The number of carbonyl (C=O) groups is 1. The Morgan fingerprint density at radius 1 is 1.00 bits per heavy atom. The molecule has 0 aliphatic heterocycles. The van der Waals surface area contributed by atoms with E-state index in [1.807, 2.05) is 46.8 Å². The lowest BCUT2D eigenvalue weighted by atomic mass is 10.0. The van der Waals surface area contributed by atoms with Crippen molar-refractivity contribution in [3.05, 3.63) is 58.7 Å². The van der Waals surface area contributed by atoms with E-state index >= 15 is 0 Å². The van der Waals surface area contributed by atoms with E-state index in [4.69, 9.17) is 0 Å². The van der Waals surface area contributed by atoms with Crippen LogP contribution >= 0.6 is 0 Å². The molecule has 0 heterocycles. The van der Waals surface area contributed by atoms with Gasteiger partial charge in [-0.05, 0) is 62.1 Å². The first kappa shape index (κ1) is 20.1. The predicted molar refractivity (Wildman–Crippen MR) is 105 cm³/mol. The van der Waals surface area contributed by atoms with Gasteiger partial charge < -0.3 is 5.32 Å². The van der Waals surface area contributed by atoms with Crippen LogP contribution in [0.5, 0.6) is 0 Å². The molecular weight excluding hydrogens is 348 g/mol. The van der Waals surface area contributed by atoms with Gasteiger partial charge in [0.15, 0.2) is 0 Å². The molecule has 0 fully saturated rings. The van der Waals surface area contributed by atoms with E-state index in [0.717, 1.165) is 22.4 Å². The number of nitrogens with one attached hydrogen (secondary N) is 2. The summed E-state index contributed by atoms with van der Waals surface area (Å²) in [6.07, 6.45) is 0. The highest BCUT2D eigenvalue weighted by Gasteiger charge is 2.16. The molecule has 2 rings (SSSR count). The van der Waals surface area contributed by atoms with Crippen molar-refractivity contribution < 1.29 is 13.2 Å². The van der Waals surface area contributed by atoms with Crippen molar-refractivity contribution in [1.29, 1.82) is 0 Å². The summed E-state index contributed by atoms with van der Waals surface area (Å²) >= 11 is 0. The first-order chi connectivity index (χ1) is 12.1. The molecule has 0 spiro atoms. The smallest absolute Gasteiger partial charge is 0.255 e. The Morgan fingerprint density at radius 3 is 2.04 bits per heavy atom. The second-order valence-corrected chi connectivity index (χ2v) is 8.76. The van der Waals surface area contributed by atoms with E-state index in [-0.39, 0.29) is 16.7 Å². The maximum absolute atomic E-state index is 12.5. The fourth-order valence-electron chi connectivity index (χ4n) is 2.71. The zero-order valence-corrected chi connectivity index (χ0v) is 16.7. The summed E-state index contributed by atoms with van der Waals surface area (Å²) in [5, 5.41) is 2.92. The van der Waals surface area contributed by atoms with Crippen LogP contribution in [0.3, 0.4) is 0 Å². The van der Waals surface area contributed by atoms with Crippen molar-refractivity contribution in [3.63, 3.8) is 0 Å². The molecule has 5 nitrogen and oxygen atoms in total. The minimum absolute atomic E-state index is 0.150. The van der Waals surface area contributed by atoms with E-state index in [1.54, 1.807) is 0 Å². The van der Waals surface area contributed by atoms with Crippen molar-refractivity contribution in [2.24, 2.45) is 5.92 Å². The highest BCUT2D eigenvalue weighted by molar-refractivity contribution is 7.89. The lowest BCUT2D eigenvalue weighted by molar-refractivity contribution is 0.102. The van der Waals surface area contributed by atoms with Gasteiger partial charge in [0.2, 0.25) is 10.0 Å². The molecule has 0 aliphatic rings. The van der Waals surface area contributed by atoms with Gasteiger partial charge in [0, 0.05) is 17.8 Å². The Morgan fingerprint density at radius 2 is 1.54 bits per heavy atom. The molecule has 140 valence electrons. The van der Waals surface area contributed by atoms with E-state index in [1.165, 1.54) is 24.3 Å². The average Bonchev–Trinajstić information content (AvgIpc) is 2.56. The quantitative estimate of drug-likeness (QED) is 0.807. The molecule has 0 saturated heterocycles. The van der Waals surface area contributed by atoms with Crippen molar-refractivity contribution in [2.75, 3.05) is 11.9 Å². The van der Waals surface area contributed by atoms with Crippen molar-refractivity contribution in [2.45, 2.75) is 39.5 Å². The van der Waals surface area contributed by atoms with Gasteiger partial charge in [0.05, 0.1) is 4.90 Å². The van der Waals surface area contributed by atoms with E-state index in [9.17, 15) is 13.2 Å². The van der Waals surface area contributed by atoms with E-state index in [2.05, 4.69) is 10.0 Å². The minimum Gasteiger partial charge on any atom is -0.322 e. The van der Waals surface area contributed by atoms with Crippen LogP contribution in [0.25, 0.3) is 0 Å². The van der Waals surface area contributed by atoms with Gasteiger partial charge in [-0.25, -0.2) is 13.1 Å². The van der Waals surface area contributed by atoms with Crippen LogP contribution < -0.4 is 10.0 Å². The largest absolute Gasteiger partial charge is 0.322 e. The van der Waals surface area contributed by atoms with Crippen LogP contribution in [0.2, 0.25) is 0 Å². The Balaban J connectivity index is 2.17. The fourth-order valence-corrected chi connectivity index (χ4v) is 3.92. The molecule has 0 radical (unpaired) electrons. The van der Waals surface area contributed by atoms with Gasteiger partial charge in [-0.15, -0.1) is 0 Å². The highest BCUT2D eigenvalue weighted by atomic mass is 32.2. The normalized spacial score (nSPS) is 11.6. The SMILES string of the molecule is Cc1cc(C)c(NC(=O)c2ccc(S(=O)(=O)NCC(C)C)cc2)c(C)c1. The number of anilines is 1. The molecule has 2 aromatic rings. The molecule has 6 heteroatoms. The molecule has 0 saturated carbocycles. The summed E-state index contributed by atoms with van der Waals surface area (Å²) in [6.45, 7) is 10.2. The zero-order valence-electron chi connectivity index (χ0n) is 15.9. The van der Waals surface area contributed by atoms with Gasteiger partial charge in [0.1, 0.15) is 0 Å². The number of rotatable bonds is 6. The van der Waals surface area contributed by atoms with Crippen LogP contribution in [0.15, 0.2) is 41.3 Å². The molecule has 2 aromatic carbocycles. The number of amides is 1. The van der Waals surface area contributed by atoms with Crippen LogP contribution in [0.4, 0.5) is 5.69 Å². The summed E-state index contributed by atoms with van der Waals surface area (Å²) in [5.74, 6) is -0.0463. The Kier molecular flexibility index (Phi) is 6.21. The second-order valence-electron chi connectivity index (χ2n) is 7.00. The van der Waals surface area contributed by atoms with Crippen LogP contribution in [-0.4, -0.2) is 20.9 Å². The van der Waals surface area contributed by atoms with E-state index < -0.39 is 10.0 Å². The number of sulfonamides is 1. The van der Waals surface area contributed by atoms with Gasteiger partial charge in [0.25, 0.3) is 5.91 Å². The number of aryl methyl sites for hydroxylation is 3. The summed E-state index contributed by atoms with van der Waals surface area (Å²) in [5.41, 5.74) is 4.32. The van der Waals surface area contributed by atoms with Crippen LogP contribution in [0.1, 0.15) is 40.9 Å². The third kappa shape index (κ3) is 4.93. The molecule has 2 N–H and O–H groups in total. The third-order valence-corrected chi connectivity index (χ3v) is 5.46. The third-order valence-electron chi connectivity index (χ3n) is 4.02. The second kappa shape index (κ2) is 8.01. The minimum atomic E-state index is -3.56. The van der Waals surface area contributed by atoms with Gasteiger partial charge >= 0.3 is 0 Å². The summed E-state index contributed by atoms with van der Waals surface area (Å²) < 4.78 is 27.0. The number of hydrogen-bond acceptors (Lipinski definition) is 3. The van der Waals surface area contributed by atoms with Crippen molar-refractivity contribution >= 4 is 21.6 Å². The topological polar surface area (TPSA) is 75.3 Å². The monoisotopic (exact) mass is 374 g/mol. The summed E-state index contributed by atoms with van der Waals surface area (Å²) in [7, 11) is -3.56. The fraction of sp³-hybridized carbons (Fsp3) is 0.350. The predicted octanol–water partition coefficient (Wildman–Crippen LogP) is 3.80. The summed E-state index contributed by atoms with van der Waals surface area (Å²) in [4.78, 5) is 12.7. The van der Waals surface area contributed by atoms with Gasteiger partial charge in [-0.3, -0.25) is 4.79 Å². The maximum Gasteiger partial charge on any atom is 0.255 e. The van der Waals surface area contributed by atoms with Gasteiger partial charge in [-0.1, -0.05) is 31.5 Å². The maximum atomic E-state index is 12.5. The average molecular weight is 375 g/mol. The lowest BCUT2D eigenvalue weighted by Crippen LogP contribution is -2.27. The van der Waals surface area contributed by atoms with Gasteiger partial charge in [-0.2, -0.15) is 0 Å². The Bertz CT molecular complexity index is 878. The number of carbonyl (C=O) groups excluding carboxylic acids is 1. The first-order valence-corrected chi connectivity index (χ1v) is 10.1. The van der Waals surface area contributed by atoms with Crippen LogP contribution in [0, 0.1) is 26.7 Å². The standard InChI is InChI=1S/C20H26N2O3S/c1-13(2)12-21-26(24,25)18-8-6-17(7-9-18)20(23)22-19-15(4)10-14(3)11-16(19)5/h6-11,13,21H,12H2,1-5H3,(H,22,23). The molecule has 0 atom stereocenters. The number of hydrogen-bond donors (Lipinski definition) is 2. The Hall–Kier alpha value is -2.18. The molecule has 0 bridgehead atoms. The molecule has 0 aromatic heterocycles. The molecule has 0 aliphatic carbocycles. The zero-order chi connectivity index (χ0) is 19.5. The molecule has 26 heavy (non-hydrogen) atoms. The first-order valence-electron chi connectivity index (χ1n) is 8.59. The van der Waals surface area contributed by atoms with Crippen molar-refractivity contribution in [1.82, 2.24) is 4.72 Å². The molecular formula is C20H26N2O3S. The Labute approximate surface area is 155 Å². The van der Waals surface area contributed by atoms with Crippen LogP contribution in [-0.2, 0) is 10.0 Å². The number of benzene rings is 2.